The van der Waals surface area contributed by atoms with Crippen LogP contribution in [0, 0.1) is 5.41 Å². The number of amides is 1. The van der Waals surface area contributed by atoms with Crippen LogP contribution in [0.2, 0.25) is 0 Å². The van der Waals surface area contributed by atoms with Crippen molar-refractivity contribution in [2.75, 3.05) is 19.6 Å². The largest absolute Gasteiger partial charge is 0.444 e. The Morgan fingerprint density at radius 3 is 2.44 bits per heavy atom. The molecule has 1 heterocycles. The Hall–Kier alpha value is -1.10. The van der Waals surface area contributed by atoms with Crippen LogP contribution in [0.4, 0.5) is 4.79 Å². The summed E-state index contributed by atoms with van der Waals surface area (Å²) in [7, 11) is 0. The first kappa shape index (κ1) is 15.0. The van der Waals surface area contributed by atoms with Crippen molar-refractivity contribution in [2.24, 2.45) is 11.1 Å². The summed E-state index contributed by atoms with van der Waals surface area (Å²) in [6.45, 7) is 8.31. The van der Waals surface area contributed by atoms with Gasteiger partial charge in [-0.05, 0) is 40.5 Å². The molecule has 0 spiro atoms. The van der Waals surface area contributed by atoms with Crippen LogP contribution in [0.25, 0.3) is 0 Å². The SMILES string of the molecule is CC(=O)C1(CN)CCCN(C(=O)OC(C)(C)C)C1. The van der Waals surface area contributed by atoms with E-state index in [-0.39, 0.29) is 18.4 Å². The second-order valence-corrected chi connectivity index (χ2v) is 6.05. The van der Waals surface area contributed by atoms with Gasteiger partial charge >= 0.3 is 6.09 Å². The fourth-order valence-corrected chi connectivity index (χ4v) is 2.21. The lowest BCUT2D eigenvalue weighted by Gasteiger charge is -2.40. The summed E-state index contributed by atoms with van der Waals surface area (Å²) >= 11 is 0. The summed E-state index contributed by atoms with van der Waals surface area (Å²) in [5.41, 5.74) is 4.62. The second kappa shape index (κ2) is 5.26. The predicted octanol–water partition coefficient (Wildman–Crippen LogP) is 1.55. The van der Waals surface area contributed by atoms with Gasteiger partial charge in [-0.25, -0.2) is 4.79 Å². The highest BCUT2D eigenvalue weighted by atomic mass is 16.6. The molecule has 0 aromatic carbocycles. The Labute approximate surface area is 109 Å². The van der Waals surface area contributed by atoms with Gasteiger partial charge in [-0.15, -0.1) is 0 Å². The Bertz CT molecular complexity index is 336. The molecule has 1 aliphatic heterocycles. The molecule has 1 fully saturated rings. The van der Waals surface area contributed by atoms with E-state index in [0.29, 0.717) is 13.1 Å². The molecule has 1 atom stereocenters. The number of nitrogens with two attached hydrogens (primary N) is 1. The maximum absolute atomic E-state index is 12.0. The van der Waals surface area contributed by atoms with Crippen molar-refractivity contribution in [1.82, 2.24) is 4.90 Å². The number of carbonyl (C=O) groups excluding carboxylic acids is 2. The molecule has 0 aromatic rings. The van der Waals surface area contributed by atoms with Crippen molar-refractivity contribution in [1.29, 1.82) is 0 Å². The smallest absolute Gasteiger partial charge is 0.410 e. The topological polar surface area (TPSA) is 72.6 Å². The highest BCUT2D eigenvalue weighted by Gasteiger charge is 2.40. The van der Waals surface area contributed by atoms with Gasteiger partial charge < -0.3 is 15.4 Å². The Kier molecular flexibility index (Phi) is 4.37. The third-order valence-electron chi connectivity index (χ3n) is 3.37. The van der Waals surface area contributed by atoms with E-state index in [4.69, 9.17) is 10.5 Å². The van der Waals surface area contributed by atoms with Crippen molar-refractivity contribution in [3.63, 3.8) is 0 Å². The maximum atomic E-state index is 12.0. The monoisotopic (exact) mass is 256 g/mol. The van der Waals surface area contributed by atoms with Gasteiger partial charge in [0.05, 0.1) is 5.41 Å². The average molecular weight is 256 g/mol. The lowest BCUT2D eigenvalue weighted by Crippen LogP contribution is -2.53. The van der Waals surface area contributed by atoms with Crippen molar-refractivity contribution in [3.05, 3.63) is 0 Å². The third-order valence-corrected chi connectivity index (χ3v) is 3.37. The van der Waals surface area contributed by atoms with Gasteiger partial charge in [-0.2, -0.15) is 0 Å². The zero-order chi connectivity index (χ0) is 14.0. The van der Waals surface area contributed by atoms with Gasteiger partial charge in [0, 0.05) is 19.6 Å². The first-order valence-corrected chi connectivity index (χ1v) is 6.39. The lowest BCUT2D eigenvalue weighted by molar-refractivity contribution is -0.128. The van der Waals surface area contributed by atoms with Crippen LogP contribution in [0.1, 0.15) is 40.5 Å². The first-order valence-electron chi connectivity index (χ1n) is 6.39. The molecule has 0 aromatic heterocycles. The molecule has 1 aliphatic rings. The molecule has 1 saturated heterocycles. The van der Waals surface area contributed by atoms with Crippen LogP contribution in [-0.2, 0) is 9.53 Å². The van der Waals surface area contributed by atoms with Gasteiger partial charge in [-0.3, -0.25) is 4.79 Å². The van der Waals surface area contributed by atoms with Gasteiger partial charge in [0.15, 0.2) is 0 Å². The molecule has 104 valence electrons. The normalized spacial score (nSPS) is 24.8. The summed E-state index contributed by atoms with van der Waals surface area (Å²) in [4.78, 5) is 25.3. The van der Waals surface area contributed by atoms with Crippen molar-refractivity contribution >= 4 is 11.9 Å². The van der Waals surface area contributed by atoms with Crippen LogP contribution in [0.15, 0.2) is 0 Å². The van der Waals surface area contributed by atoms with Crippen LogP contribution in [0.5, 0.6) is 0 Å². The molecule has 1 unspecified atom stereocenters. The fourth-order valence-electron chi connectivity index (χ4n) is 2.21. The number of hydrogen-bond donors (Lipinski definition) is 1. The zero-order valence-electron chi connectivity index (χ0n) is 11.8. The molecular weight excluding hydrogens is 232 g/mol. The summed E-state index contributed by atoms with van der Waals surface area (Å²) in [5, 5.41) is 0. The number of ketones is 1. The van der Waals surface area contributed by atoms with Gasteiger partial charge in [-0.1, -0.05) is 0 Å². The maximum Gasteiger partial charge on any atom is 0.410 e. The van der Waals surface area contributed by atoms with E-state index >= 15 is 0 Å². The minimum Gasteiger partial charge on any atom is -0.444 e. The quantitative estimate of drug-likeness (QED) is 0.813. The average Bonchev–Trinajstić information content (AvgIpc) is 2.26. The molecule has 0 bridgehead atoms. The van der Waals surface area contributed by atoms with E-state index in [9.17, 15) is 9.59 Å². The third kappa shape index (κ3) is 3.45. The van der Waals surface area contributed by atoms with Crippen LogP contribution >= 0.6 is 0 Å². The van der Waals surface area contributed by atoms with E-state index in [1.54, 1.807) is 11.8 Å². The van der Waals surface area contributed by atoms with Crippen molar-refractivity contribution in [2.45, 2.75) is 46.1 Å². The van der Waals surface area contributed by atoms with Gasteiger partial charge in [0.1, 0.15) is 11.4 Å². The lowest BCUT2D eigenvalue weighted by atomic mass is 9.77. The van der Waals surface area contributed by atoms with E-state index in [1.807, 2.05) is 20.8 Å². The van der Waals surface area contributed by atoms with Crippen LogP contribution < -0.4 is 5.73 Å². The predicted molar refractivity (Wildman–Crippen MR) is 69.2 cm³/mol. The number of nitrogens with zero attached hydrogens (tertiary/aromatic N) is 1. The molecule has 18 heavy (non-hydrogen) atoms. The Morgan fingerprint density at radius 1 is 1.39 bits per heavy atom. The summed E-state index contributed by atoms with van der Waals surface area (Å²) in [6, 6.07) is 0. The van der Waals surface area contributed by atoms with Crippen LogP contribution in [-0.4, -0.2) is 42.0 Å². The molecule has 2 N–H and O–H groups in total. The van der Waals surface area contributed by atoms with E-state index in [2.05, 4.69) is 0 Å². The molecule has 5 heteroatoms. The molecule has 5 nitrogen and oxygen atoms in total. The molecule has 1 rings (SSSR count). The molecule has 0 saturated carbocycles. The summed E-state index contributed by atoms with van der Waals surface area (Å²) in [6.07, 6.45) is 1.18. The number of Topliss-reactive ketones (excluding diaryl/α,β-unsaturated/α-hetero) is 1. The van der Waals surface area contributed by atoms with Gasteiger partial charge in [0.25, 0.3) is 0 Å². The number of ether oxygens (including phenoxy) is 1. The van der Waals surface area contributed by atoms with E-state index < -0.39 is 11.0 Å². The van der Waals surface area contributed by atoms with E-state index in [0.717, 1.165) is 12.8 Å². The summed E-state index contributed by atoms with van der Waals surface area (Å²) in [5.74, 6) is 0.0539. The second-order valence-electron chi connectivity index (χ2n) is 6.05. The number of piperidine rings is 1. The fraction of sp³-hybridized carbons (Fsp3) is 0.846. The number of hydrogen-bond acceptors (Lipinski definition) is 4. The minimum absolute atomic E-state index is 0.0539. The number of likely N-dealkylation sites (tertiary alicyclic amines) is 1. The molecule has 0 aliphatic carbocycles. The summed E-state index contributed by atoms with van der Waals surface area (Å²) < 4.78 is 5.33. The van der Waals surface area contributed by atoms with Gasteiger partial charge in [0.2, 0.25) is 0 Å². The minimum atomic E-state index is -0.588. The molecule has 1 amide bonds. The Balaban J connectivity index is 2.75. The highest BCUT2D eigenvalue weighted by molar-refractivity contribution is 5.84. The standard InChI is InChI=1S/C13H24N2O3/c1-10(16)13(8-14)6-5-7-15(9-13)11(17)18-12(2,3)4/h5-9,14H2,1-4H3. The van der Waals surface area contributed by atoms with Crippen molar-refractivity contribution in [3.8, 4) is 0 Å². The van der Waals surface area contributed by atoms with E-state index in [1.165, 1.54) is 0 Å². The van der Waals surface area contributed by atoms with Crippen LogP contribution in [0.3, 0.4) is 0 Å². The Morgan fingerprint density at radius 2 is 2.00 bits per heavy atom. The zero-order valence-corrected chi connectivity index (χ0v) is 11.8. The molecule has 0 radical (unpaired) electrons. The number of carbonyl (C=O) groups is 2. The first-order chi connectivity index (χ1) is 8.20. The highest BCUT2D eigenvalue weighted by Crippen LogP contribution is 2.30. The molecular formula is C13H24N2O3. The number of rotatable bonds is 2. The van der Waals surface area contributed by atoms with Crippen molar-refractivity contribution < 1.29 is 14.3 Å².